The van der Waals surface area contributed by atoms with Gasteiger partial charge in [-0.15, -0.1) is 0 Å². The fourth-order valence-corrected chi connectivity index (χ4v) is 4.81. The van der Waals surface area contributed by atoms with Crippen LogP contribution >= 0.6 is 0 Å². The lowest BCUT2D eigenvalue weighted by molar-refractivity contribution is 0.0600. The lowest BCUT2D eigenvalue weighted by atomic mass is 9.99. The fraction of sp³-hybridized carbons (Fsp3) is 0.429. The summed E-state index contributed by atoms with van der Waals surface area (Å²) in [6.45, 7) is 9.08. The molecule has 1 saturated heterocycles. The number of anilines is 1. The molecule has 2 aliphatic rings. The largest absolute Gasteiger partial charge is 0.490 e. The van der Waals surface area contributed by atoms with E-state index < -0.39 is 5.97 Å². The van der Waals surface area contributed by atoms with Gasteiger partial charge in [0, 0.05) is 18.2 Å². The molecule has 0 amide bonds. The second kappa shape index (κ2) is 9.85. The molecular formula is C28H33N3O5. The number of hydrogen-bond acceptors (Lipinski definition) is 8. The Morgan fingerprint density at radius 2 is 2.03 bits per heavy atom. The number of ether oxygens (including phenoxy) is 3. The van der Waals surface area contributed by atoms with E-state index in [-0.39, 0.29) is 11.6 Å². The lowest BCUT2D eigenvalue weighted by Crippen LogP contribution is -2.43. The van der Waals surface area contributed by atoms with Gasteiger partial charge in [0.25, 0.3) is 6.01 Å². The van der Waals surface area contributed by atoms with E-state index in [0.717, 1.165) is 48.6 Å². The number of methoxy groups -OCH3 is 1. The summed E-state index contributed by atoms with van der Waals surface area (Å²) in [5.41, 5.74) is 3.40. The van der Waals surface area contributed by atoms with Crippen LogP contribution in [0.3, 0.4) is 0 Å². The molecule has 0 bridgehead atoms. The van der Waals surface area contributed by atoms with Crippen LogP contribution in [0.1, 0.15) is 55.1 Å². The number of benzene rings is 2. The van der Waals surface area contributed by atoms with Crippen molar-refractivity contribution in [2.45, 2.75) is 51.8 Å². The quantitative estimate of drug-likeness (QED) is 0.465. The molecule has 8 heteroatoms. The highest BCUT2D eigenvalue weighted by molar-refractivity contribution is 5.93. The van der Waals surface area contributed by atoms with Crippen LogP contribution in [0.15, 0.2) is 40.8 Å². The number of carbonyl (C=O) groups excluding carboxylic acids is 1. The van der Waals surface area contributed by atoms with Gasteiger partial charge in [-0.2, -0.15) is 4.98 Å². The van der Waals surface area contributed by atoms with Crippen LogP contribution < -0.4 is 19.7 Å². The molecule has 0 radical (unpaired) electrons. The van der Waals surface area contributed by atoms with Gasteiger partial charge in [-0.1, -0.05) is 6.08 Å². The van der Waals surface area contributed by atoms with Crippen LogP contribution in [0.5, 0.6) is 11.5 Å². The molecule has 190 valence electrons. The molecular weight excluding hydrogens is 458 g/mol. The predicted octanol–water partition coefficient (Wildman–Crippen LogP) is 4.96. The van der Waals surface area contributed by atoms with Gasteiger partial charge < -0.3 is 28.8 Å². The maximum Gasteiger partial charge on any atom is 0.337 e. The number of carbonyl (C=O) groups is 1. The van der Waals surface area contributed by atoms with Crippen LogP contribution in [0.4, 0.5) is 6.01 Å². The molecule has 5 rings (SSSR count). The van der Waals surface area contributed by atoms with Crippen molar-refractivity contribution < 1.29 is 23.4 Å². The molecule has 1 aromatic heterocycles. The number of fused-ring (bicyclic) bond motifs is 2. The number of rotatable bonds is 7. The summed E-state index contributed by atoms with van der Waals surface area (Å²) in [7, 11) is 1.37. The Kier molecular flexibility index (Phi) is 6.62. The Labute approximate surface area is 211 Å². The minimum Gasteiger partial charge on any atom is -0.490 e. The Morgan fingerprint density at radius 3 is 2.78 bits per heavy atom. The molecule has 0 unspecified atom stereocenters. The second-order valence-electron chi connectivity index (χ2n) is 9.76. The average Bonchev–Trinajstić information content (AvgIpc) is 3.30. The van der Waals surface area contributed by atoms with Gasteiger partial charge in [-0.25, -0.2) is 4.79 Å². The first kappa shape index (κ1) is 24.2. The van der Waals surface area contributed by atoms with Crippen LogP contribution in [0.2, 0.25) is 0 Å². The third-order valence-corrected chi connectivity index (χ3v) is 6.62. The van der Waals surface area contributed by atoms with Crippen molar-refractivity contribution in [3.8, 4) is 11.5 Å². The Bertz CT molecular complexity index is 1290. The lowest BCUT2D eigenvalue weighted by Gasteiger charge is -2.34. The van der Waals surface area contributed by atoms with Crippen molar-refractivity contribution in [2.75, 3.05) is 31.7 Å². The smallest absolute Gasteiger partial charge is 0.337 e. The normalized spacial score (nSPS) is 16.9. The van der Waals surface area contributed by atoms with Crippen LogP contribution in [0.25, 0.3) is 17.2 Å². The molecule has 3 aromatic rings. The van der Waals surface area contributed by atoms with Gasteiger partial charge >= 0.3 is 5.97 Å². The SMILES string of the molecule is CCOc1cc(CN(c2nc3ccc(C(=O)OC)cc3o2)C2CCNCC2)cc2c1OC(C)(C)C=C2. The summed E-state index contributed by atoms with van der Waals surface area (Å²) in [6, 6.07) is 10.2. The highest BCUT2D eigenvalue weighted by atomic mass is 16.5. The van der Waals surface area contributed by atoms with E-state index in [4.69, 9.17) is 23.6 Å². The number of nitrogens with one attached hydrogen (secondary N) is 1. The van der Waals surface area contributed by atoms with Crippen molar-refractivity contribution in [2.24, 2.45) is 0 Å². The second-order valence-corrected chi connectivity index (χ2v) is 9.76. The summed E-state index contributed by atoms with van der Waals surface area (Å²) in [5.74, 6) is 1.12. The Balaban J connectivity index is 1.52. The molecule has 0 aliphatic carbocycles. The Hall–Kier alpha value is -3.52. The number of hydrogen-bond donors (Lipinski definition) is 1. The van der Waals surface area contributed by atoms with Gasteiger partial charge in [0.2, 0.25) is 0 Å². The molecule has 0 saturated carbocycles. The summed E-state index contributed by atoms with van der Waals surface area (Å²) in [4.78, 5) is 19.0. The highest BCUT2D eigenvalue weighted by Gasteiger charge is 2.29. The van der Waals surface area contributed by atoms with Crippen molar-refractivity contribution in [1.29, 1.82) is 0 Å². The average molecular weight is 492 g/mol. The molecule has 36 heavy (non-hydrogen) atoms. The summed E-state index contributed by atoms with van der Waals surface area (Å²) >= 11 is 0. The number of nitrogens with zero attached hydrogens (tertiary/aromatic N) is 2. The third kappa shape index (κ3) is 4.91. The number of oxazole rings is 1. The van der Waals surface area contributed by atoms with E-state index >= 15 is 0 Å². The maximum atomic E-state index is 12.0. The number of aromatic nitrogens is 1. The van der Waals surface area contributed by atoms with Crippen molar-refractivity contribution >= 4 is 29.2 Å². The maximum absolute atomic E-state index is 12.0. The minimum absolute atomic E-state index is 0.261. The first-order valence-electron chi connectivity index (χ1n) is 12.5. The molecule has 2 aromatic carbocycles. The first-order chi connectivity index (χ1) is 17.4. The molecule has 8 nitrogen and oxygen atoms in total. The van der Waals surface area contributed by atoms with E-state index in [1.165, 1.54) is 7.11 Å². The van der Waals surface area contributed by atoms with Gasteiger partial charge in [0.15, 0.2) is 17.1 Å². The Morgan fingerprint density at radius 1 is 1.22 bits per heavy atom. The zero-order chi connectivity index (χ0) is 25.3. The summed E-state index contributed by atoms with van der Waals surface area (Å²) in [5, 5.41) is 3.44. The van der Waals surface area contributed by atoms with Gasteiger partial charge in [-0.3, -0.25) is 0 Å². The molecule has 2 aliphatic heterocycles. The van der Waals surface area contributed by atoms with Gasteiger partial charge in [0.05, 0.1) is 19.3 Å². The molecule has 3 heterocycles. The topological polar surface area (TPSA) is 86.1 Å². The fourth-order valence-electron chi connectivity index (χ4n) is 4.81. The van der Waals surface area contributed by atoms with Crippen LogP contribution in [-0.4, -0.2) is 49.4 Å². The van der Waals surface area contributed by atoms with Crippen LogP contribution in [-0.2, 0) is 11.3 Å². The van der Waals surface area contributed by atoms with Gasteiger partial charge in [0.1, 0.15) is 11.1 Å². The summed E-state index contributed by atoms with van der Waals surface area (Å²) in [6.07, 6.45) is 6.13. The zero-order valence-corrected chi connectivity index (χ0v) is 21.3. The van der Waals surface area contributed by atoms with Crippen molar-refractivity contribution in [3.05, 3.63) is 53.1 Å². The van der Waals surface area contributed by atoms with E-state index in [2.05, 4.69) is 34.5 Å². The monoisotopic (exact) mass is 491 g/mol. The van der Waals surface area contributed by atoms with E-state index in [1.54, 1.807) is 18.2 Å². The first-order valence-corrected chi connectivity index (χ1v) is 12.5. The van der Waals surface area contributed by atoms with Crippen molar-refractivity contribution in [1.82, 2.24) is 10.3 Å². The molecule has 0 atom stereocenters. The predicted molar refractivity (Wildman–Crippen MR) is 139 cm³/mol. The number of esters is 1. The third-order valence-electron chi connectivity index (χ3n) is 6.62. The van der Waals surface area contributed by atoms with E-state index in [0.29, 0.717) is 35.8 Å². The summed E-state index contributed by atoms with van der Waals surface area (Å²) < 4.78 is 23.3. The highest BCUT2D eigenvalue weighted by Crippen LogP contribution is 2.40. The zero-order valence-electron chi connectivity index (χ0n) is 21.3. The van der Waals surface area contributed by atoms with Gasteiger partial charge in [-0.05, 0) is 88.7 Å². The van der Waals surface area contributed by atoms with Crippen LogP contribution in [0, 0.1) is 0 Å². The number of piperidine rings is 1. The molecule has 1 N–H and O–H groups in total. The molecule has 1 fully saturated rings. The minimum atomic E-state index is -0.402. The van der Waals surface area contributed by atoms with Crippen molar-refractivity contribution in [3.63, 3.8) is 0 Å². The molecule has 0 spiro atoms. The van der Waals surface area contributed by atoms with E-state index in [1.807, 2.05) is 20.8 Å². The van der Waals surface area contributed by atoms with E-state index in [9.17, 15) is 4.79 Å². The standard InChI is InChI=1S/C28H33N3O5/c1-5-34-24-15-18(14-19-8-11-28(2,3)36-25(19)24)17-31(21-9-12-29-13-10-21)27-30-22-7-6-20(26(32)33-4)16-23(22)35-27/h6-8,11,14-16,21,29H,5,9-10,12-13,17H2,1-4H3.